The van der Waals surface area contributed by atoms with Gasteiger partial charge >= 0.3 is 0 Å². The average molecular weight is 309 g/mol. The molecule has 0 atom stereocenters. The van der Waals surface area contributed by atoms with Crippen LogP contribution < -0.4 is 10.2 Å². The first kappa shape index (κ1) is 14.6. The Morgan fingerprint density at radius 2 is 1.91 bits per heavy atom. The third-order valence-electron chi connectivity index (χ3n) is 3.86. The van der Waals surface area contributed by atoms with E-state index >= 15 is 0 Å². The molecule has 1 aromatic heterocycles. The number of hydrogen-bond acceptors (Lipinski definition) is 3. The molecule has 0 bridgehead atoms. The van der Waals surface area contributed by atoms with E-state index in [-0.39, 0.29) is 0 Å². The van der Waals surface area contributed by atoms with Gasteiger partial charge in [0.1, 0.15) is 0 Å². The minimum Gasteiger partial charge on any atom is -0.318 e. The smallest absolute Gasteiger partial charge is 0.208 e. The van der Waals surface area contributed by atoms with Crippen molar-refractivity contribution in [2.45, 2.75) is 13.8 Å². The van der Waals surface area contributed by atoms with E-state index in [4.69, 9.17) is 0 Å². The van der Waals surface area contributed by atoms with Crippen LogP contribution in [0, 0.1) is 13.8 Å². The monoisotopic (exact) mass is 309 g/mol. The molecule has 0 saturated carbocycles. The molecule has 0 spiro atoms. The van der Waals surface area contributed by atoms with Crippen molar-refractivity contribution >= 4 is 27.3 Å². The van der Waals surface area contributed by atoms with Crippen molar-refractivity contribution in [2.75, 3.05) is 0 Å². The highest BCUT2D eigenvalue weighted by Crippen LogP contribution is 2.16. The Morgan fingerprint density at radius 3 is 2.64 bits per heavy atom. The maximum atomic E-state index is 4.50. The van der Waals surface area contributed by atoms with Gasteiger partial charge in [-0.05, 0) is 48.7 Å². The number of aromatic nitrogens is 1. The molecular weight excluding hydrogens is 290 g/mol. The number of rotatable bonds is 3. The zero-order chi connectivity index (χ0) is 15.7. The predicted octanol–water partition coefficient (Wildman–Crippen LogP) is 3.93. The lowest BCUT2D eigenvalue weighted by atomic mass is 10.1. The van der Waals surface area contributed by atoms with Crippen LogP contribution in [0.15, 0.2) is 54.1 Å². The molecule has 0 aliphatic carbocycles. The van der Waals surface area contributed by atoms with Crippen molar-refractivity contribution in [3.8, 4) is 0 Å². The molecule has 3 aromatic rings. The molecule has 112 valence electrons. The third kappa shape index (κ3) is 2.70. The molecule has 0 amide bonds. The first-order valence-corrected chi connectivity index (χ1v) is 7.99. The Kier molecular flexibility index (Phi) is 3.86. The lowest BCUT2D eigenvalue weighted by Crippen LogP contribution is -2.16. The van der Waals surface area contributed by atoms with E-state index in [2.05, 4.69) is 65.9 Å². The predicted molar refractivity (Wildman–Crippen MR) is 94.4 cm³/mol. The molecule has 1 heterocycles. The highest BCUT2D eigenvalue weighted by Gasteiger charge is 2.03. The van der Waals surface area contributed by atoms with Crippen molar-refractivity contribution in [3.63, 3.8) is 0 Å². The lowest BCUT2D eigenvalue weighted by molar-refractivity contribution is 0.839. The van der Waals surface area contributed by atoms with Crippen molar-refractivity contribution < 1.29 is 0 Å². The fourth-order valence-electron chi connectivity index (χ4n) is 2.30. The molecule has 2 aromatic carbocycles. The summed E-state index contributed by atoms with van der Waals surface area (Å²) in [7, 11) is 2.03. The van der Waals surface area contributed by atoms with Crippen molar-refractivity contribution in [2.24, 2.45) is 12.1 Å². The SMILES string of the molecule is C=C(NN=c1sc2ccccc2n1C)c1ccc(C)c(C)c1. The highest BCUT2D eigenvalue weighted by atomic mass is 32.1. The fraction of sp³-hybridized carbons (Fsp3) is 0.167. The summed E-state index contributed by atoms with van der Waals surface area (Å²) in [4.78, 5) is 0.922. The molecule has 22 heavy (non-hydrogen) atoms. The second-order valence-electron chi connectivity index (χ2n) is 5.41. The topological polar surface area (TPSA) is 29.3 Å². The lowest BCUT2D eigenvalue weighted by Gasteiger charge is -2.07. The van der Waals surface area contributed by atoms with Crippen LogP contribution in [0.5, 0.6) is 0 Å². The Labute approximate surface area is 134 Å². The number of fused-ring (bicyclic) bond motifs is 1. The second kappa shape index (κ2) is 5.81. The van der Waals surface area contributed by atoms with E-state index in [9.17, 15) is 0 Å². The maximum absolute atomic E-state index is 4.50. The molecule has 0 aliphatic rings. The molecule has 0 aliphatic heterocycles. The Hall–Kier alpha value is -2.33. The molecule has 3 rings (SSSR count). The molecule has 1 N–H and O–H groups in total. The van der Waals surface area contributed by atoms with Gasteiger partial charge in [-0.1, -0.05) is 42.2 Å². The van der Waals surface area contributed by atoms with E-state index < -0.39 is 0 Å². The first-order chi connectivity index (χ1) is 10.6. The molecule has 0 radical (unpaired) electrons. The fourth-order valence-corrected chi connectivity index (χ4v) is 3.28. The number of benzene rings is 2. The van der Waals surface area contributed by atoms with Gasteiger partial charge in [-0.15, -0.1) is 5.10 Å². The van der Waals surface area contributed by atoms with Crippen LogP contribution >= 0.6 is 11.3 Å². The summed E-state index contributed by atoms with van der Waals surface area (Å²) < 4.78 is 3.31. The van der Waals surface area contributed by atoms with Crippen molar-refractivity contribution in [1.82, 2.24) is 9.99 Å². The number of para-hydroxylation sites is 1. The van der Waals surface area contributed by atoms with Crippen LogP contribution in [-0.2, 0) is 7.05 Å². The summed E-state index contributed by atoms with van der Waals surface area (Å²) in [5.74, 6) is 0. The van der Waals surface area contributed by atoms with Gasteiger partial charge in [0.15, 0.2) is 0 Å². The van der Waals surface area contributed by atoms with E-state index in [0.29, 0.717) is 0 Å². The molecule has 3 nitrogen and oxygen atoms in total. The molecule has 0 saturated heterocycles. The highest BCUT2D eigenvalue weighted by molar-refractivity contribution is 7.16. The van der Waals surface area contributed by atoms with E-state index in [1.54, 1.807) is 11.3 Å². The van der Waals surface area contributed by atoms with Gasteiger partial charge in [-0.2, -0.15) is 0 Å². The maximum Gasteiger partial charge on any atom is 0.208 e. The number of hydrogen-bond donors (Lipinski definition) is 1. The molecule has 4 heteroatoms. The van der Waals surface area contributed by atoms with Crippen LogP contribution in [0.1, 0.15) is 16.7 Å². The number of aryl methyl sites for hydroxylation is 3. The van der Waals surface area contributed by atoms with Crippen LogP contribution in [0.4, 0.5) is 0 Å². The Balaban J connectivity index is 1.90. The summed E-state index contributed by atoms with van der Waals surface area (Å²) in [5.41, 5.74) is 8.68. The number of nitrogens with one attached hydrogen (secondary N) is 1. The quantitative estimate of drug-likeness (QED) is 0.730. The van der Waals surface area contributed by atoms with Crippen LogP contribution in [0.2, 0.25) is 0 Å². The Morgan fingerprint density at radius 1 is 1.14 bits per heavy atom. The van der Waals surface area contributed by atoms with Crippen LogP contribution in [-0.4, -0.2) is 4.57 Å². The molecule has 0 fully saturated rings. The van der Waals surface area contributed by atoms with Gasteiger partial charge in [0.2, 0.25) is 4.80 Å². The minimum absolute atomic E-state index is 0.806. The standard InChI is InChI=1S/C18H19N3S/c1-12-9-10-15(11-13(12)2)14(3)19-20-18-21(4)16-7-5-6-8-17(16)22-18/h5-11,19H,3H2,1-2,4H3. The van der Waals surface area contributed by atoms with E-state index in [1.165, 1.54) is 21.3 Å². The van der Waals surface area contributed by atoms with Gasteiger partial charge in [0.25, 0.3) is 0 Å². The van der Waals surface area contributed by atoms with E-state index in [1.807, 2.05) is 19.2 Å². The summed E-state index contributed by atoms with van der Waals surface area (Å²) in [6, 6.07) is 14.6. The normalized spacial score (nSPS) is 11.9. The summed E-state index contributed by atoms with van der Waals surface area (Å²) in [6.07, 6.45) is 0. The molecular formula is C18H19N3S. The van der Waals surface area contributed by atoms with Gasteiger partial charge in [-0.3, -0.25) is 5.43 Å². The average Bonchev–Trinajstić information content (AvgIpc) is 2.84. The van der Waals surface area contributed by atoms with Gasteiger partial charge < -0.3 is 4.57 Å². The van der Waals surface area contributed by atoms with Crippen LogP contribution in [0.3, 0.4) is 0 Å². The van der Waals surface area contributed by atoms with Gasteiger partial charge in [-0.25, -0.2) is 0 Å². The summed E-state index contributed by atoms with van der Waals surface area (Å²) in [6.45, 7) is 8.30. The number of thiazole rings is 1. The largest absolute Gasteiger partial charge is 0.318 e. The van der Waals surface area contributed by atoms with E-state index in [0.717, 1.165) is 16.1 Å². The number of nitrogens with zero attached hydrogens (tertiary/aromatic N) is 2. The zero-order valence-corrected chi connectivity index (χ0v) is 13.9. The second-order valence-corrected chi connectivity index (χ2v) is 6.42. The van der Waals surface area contributed by atoms with Crippen LogP contribution in [0.25, 0.3) is 15.9 Å². The third-order valence-corrected chi connectivity index (χ3v) is 4.97. The summed E-state index contributed by atoms with van der Waals surface area (Å²) >= 11 is 1.66. The zero-order valence-electron chi connectivity index (χ0n) is 13.1. The molecule has 0 unspecified atom stereocenters. The minimum atomic E-state index is 0.806. The van der Waals surface area contributed by atoms with Crippen molar-refractivity contribution in [1.29, 1.82) is 0 Å². The van der Waals surface area contributed by atoms with Crippen molar-refractivity contribution in [3.05, 3.63) is 70.5 Å². The Bertz CT molecular complexity index is 915. The van der Waals surface area contributed by atoms with Gasteiger partial charge in [0, 0.05) is 7.05 Å². The van der Waals surface area contributed by atoms with Gasteiger partial charge in [0.05, 0.1) is 15.9 Å². The first-order valence-electron chi connectivity index (χ1n) is 7.17. The summed E-state index contributed by atoms with van der Waals surface area (Å²) in [5, 5.41) is 4.50.